The third kappa shape index (κ3) is 4.20. The van der Waals surface area contributed by atoms with E-state index < -0.39 is 0 Å². The molecule has 5 heteroatoms. The lowest BCUT2D eigenvalue weighted by Crippen LogP contribution is -2.51. The molecule has 0 spiro atoms. The number of para-hydroxylation sites is 1. The van der Waals surface area contributed by atoms with Gasteiger partial charge in [0.15, 0.2) is 0 Å². The molecule has 0 aliphatic carbocycles. The Morgan fingerprint density at radius 3 is 2.67 bits per heavy atom. The molecule has 1 fully saturated rings. The molecule has 2 N–H and O–H groups in total. The minimum absolute atomic E-state index is 0. The van der Waals surface area contributed by atoms with Gasteiger partial charge in [-0.05, 0) is 19.1 Å². The van der Waals surface area contributed by atoms with Gasteiger partial charge in [-0.3, -0.25) is 4.79 Å². The molecule has 0 radical (unpaired) electrons. The van der Waals surface area contributed by atoms with Crippen molar-refractivity contribution in [2.24, 2.45) is 5.92 Å². The van der Waals surface area contributed by atoms with Gasteiger partial charge in [0.1, 0.15) is 11.9 Å². The Morgan fingerprint density at radius 2 is 2.11 bits per heavy atom. The number of amides is 1. The molecule has 1 amide bonds. The highest BCUT2D eigenvalue weighted by Gasteiger charge is 2.24. The van der Waals surface area contributed by atoms with Gasteiger partial charge in [-0.25, -0.2) is 0 Å². The minimum Gasteiger partial charge on any atom is -0.489 e. The molecule has 1 heterocycles. The second kappa shape index (κ2) is 7.24. The van der Waals surface area contributed by atoms with Crippen molar-refractivity contribution >= 4 is 18.3 Å². The number of hydrogen-bond donors (Lipinski definition) is 2. The first-order valence-corrected chi connectivity index (χ1v) is 5.96. The zero-order valence-electron chi connectivity index (χ0n) is 10.4. The largest absolute Gasteiger partial charge is 0.489 e. The van der Waals surface area contributed by atoms with Gasteiger partial charge in [0.2, 0.25) is 5.91 Å². The van der Waals surface area contributed by atoms with E-state index in [1.807, 2.05) is 37.3 Å². The van der Waals surface area contributed by atoms with Gasteiger partial charge in [0.05, 0.1) is 12.5 Å². The lowest BCUT2D eigenvalue weighted by atomic mass is 10.0. The van der Waals surface area contributed by atoms with Gasteiger partial charge in [0.25, 0.3) is 0 Å². The number of hydrogen-bond acceptors (Lipinski definition) is 3. The number of ether oxygens (including phenoxy) is 1. The van der Waals surface area contributed by atoms with Crippen LogP contribution < -0.4 is 15.4 Å². The van der Waals surface area contributed by atoms with Crippen LogP contribution in [0.3, 0.4) is 0 Å². The highest BCUT2D eigenvalue weighted by molar-refractivity contribution is 5.85. The fourth-order valence-electron chi connectivity index (χ4n) is 1.64. The van der Waals surface area contributed by atoms with Crippen LogP contribution in [-0.4, -0.2) is 31.6 Å². The fourth-order valence-corrected chi connectivity index (χ4v) is 1.64. The molecule has 0 bridgehead atoms. The Hall–Kier alpha value is -1.26. The highest BCUT2D eigenvalue weighted by Crippen LogP contribution is 2.10. The van der Waals surface area contributed by atoms with E-state index >= 15 is 0 Å². The van der Waals surface area contributed by atoms with Crippen molar-refractivity contribution in [1.29, 1.82) is 0 Å². The van der Waals surface area contributed by atoms with Crippen LogP contribution in [0.2, 0.25) is 0 Å². The van der Waals surface area contributed by atoms with E-state index in [-0.39, 0.29) is 30.3 Å². The Labute approximate surface area is 114 Å². The van der Waals surface area contributed by atoms with E-state index in [1.54, 1.807) is 0 Å². The average Bonchev–Trinajstić information content (AvgIpc) is 2.25. The Morgan fingerprint density at radius 1 is 1.44 bits per heavy atom. The number of nitrogens with one attached hydrogen (secondary N) is 2. The van der Waals surface area contributed by atoms with E-state index in [0.29, 0.717) is 6.54 Å². The fraction of sp³-hybridized carbons (Fsp3) is 0.462. The number of benzene rings is 1. The number of carbonyl (C=O) groups is 1. The molecule has 18 heavy (non-hydrogen) atoms. The predicted molar refractivity (Wildman–Crippen MR) is 73.1 cm³/mol. The van der Waals surface area contributed by atoms with Crippen LogP contribution in [0.15, 0.2) is 30.3 Å². The summed E-state index contributed by atoms with van der Waals surface area (Å²) in [4.78, 5) is 11.6. The lowest BCUT2D eigenvalue weighted by molar-refractivity contribution is -0.126. The third-order valence-electron chi connectivity index (χ3n) is 2.80. The van der Waals surface area contributed by atoms with Gasteiger partial charge < -0.3 is 15.4 Å². The van der Waals surface area contributed by atoms with Crippen LogP contribution >= 0.6 is 12.4 Å². The van der Waals surface area contributed by atoms with Crippen LogP contribution in [0.1, 0.15) is 6.92 Å². The first kappa shape index (κ1) is 14.8. The Bertz CT molecular complexity index is 369. The summed E-state index contributed by atoms with van der Waals surface area (Å²) in [5.74, 6) is 1.09. The van der Waals surface area contributed by atoms with Crippen molar-refractivity contribution in [3.63, 3.8) is 0 Å². The normalized spacial score (nSPS) is 16.1. The van der Waals surface area contributed by atoms with Gasteiger partial charge in [-0.1, -0.05) is 18.2 Å². The minimum atomic E-state index is -0.0191. The first-order chi connectivity index (χ1) is 8.25. The van der Waals surface area contributed by atoms with Gasteiger partial charge in [-0.2, -0.15) is 0 Å². The zero-order valence-corrected chi connectivity index (χ0v) is 11.2. The molecule has 1 atom stereocenters. The smallest absolute Gasteiger partial charge is 0.225 e. The standard InChI is InChI=1S/C13H18N2O2.ClH/c1-10(17-12-5-3-2-4-6-12)7-15-13(16)11-8-14-9-11;/h2-6,10-11,14H,7-9H2,1H3,(H,15,16);1H. The van der Waals surface area contributed by atoms with Crippen molar-refractivity contribution in [2.75, 3.05) is 19.6 Å². The van der Waals surface area contributed by atoms with Crippen LogP contribution in [0.4, 0.5) is 0 Å². The monoisotopic (exact) mass is 270 g/mol. The highest BCUT2D eigenvalue weighted by atomic mass is 35.5. The molecule has 1 unspecified atom stereocenters. The molecule has 0 saturated carbocycles. The SMILES string of the molecule is CC(CNC(=O)C1CNC1)Oc1ccccc1.Cl. The molecule has 2 rings (SSSR count). The van der Waals surface area contributed by atoms with Crippen molar-refractivity contribution in [3.8, 4) is 5.75 Å². The molecule has 1 aromatic rings. The maximum Gasteiger partial charge on any atom is 0.225 e. The molecular formula is C13H19ClN2O2. The summed E-state index contributed by atoms with van der Waals surface area (Å²) in [5, 5.41) is 5.98. The van der Waals surface area contributed by atoms with E-state index in [4.69, 9.17) is 4.74 Å². The van der Waals surface area contributed by atoms with Crippen LogP contribution in [-0.2, 0) is 4.79 Å². The van der Waals surface area contributed by atoms with Crippen molar-refractivity contribution in [3.05, 3.63) is 30.3 Å². The maximum atomic E-state index is 11.6. The number of halogens is 1. The van der Waals surface area contributed by atoms with Gasteiger partial charge in [-0.15, -0.1) is 12.4 Å². The quantitative estimate of drug-likeness (QED) is 0.846. The molecule has 0 aromatic heterocycles. The molecule has 1 aliphatic rings. The molecule has 1 aromatic carbocycles. The van der Waals surface area contributed by atoms with Crippen molar-refractivity contribution in [1.82, 2.24) is 10.6 Å². The lowest BCUT2D eigenvalue weighted by Gasteiger charge is -2.26. The van der Waals surface area contributed by atoms with Crippen molar-refractivity contribution < 1.29 is 9.53 Å². The van der Waals surface area contributed by atoms with Crippen LogP contribution in [0.5, 0.6) is 5.75 Å². The summed E-state index contributed by atoms with van der Waals surface area (Å²) in [6.45, 7) is 4.08. The van der Waals surface area contributed by atoms with Crippen LogP contribution in [0, 0.1) is 5.92 Å². The summed E-state index contributed by atoms with van der Waals surface area (Å²) >= 11 is 0. The van der Waals surface area contributed by atoms with E-state index in [2.05, 4.69) is 10.6 Å². The summed E-state index contributed by atoms with van der Waals surface area (Å²) in [6.07, 6.45) is -0.0191. The third-order valence-corrected chi connectivity index (χ3v) is 2.80. The van der Waals surface area contributed by atoms with Crippen molar-refractivity contribution in [2.45, 2.75) is 13.0 Å². The first-order valence-electron chi connectivity index (χ1n) is 5.96. The summed E-state index contributed by atoms with van der Waals surface area (Å²) in [6, 6.07) is 9.63. The molecule has 4 nitrogen and oxygen atoms in total. The second-order valence-corrected chi connectivity index (χ2v) is 4.34. The number of carbonyl (C=O) groups excluding carboxylic acids is 1. The predicted octanol–water partition coefficient (Wildman–Crippen LogP) is 1.21. The maximum absolute atomic E-state index is 11.6. The zero-order chi connectivity index (χ0) is 12.1. The molecule has 1 aliphatic heterocycles. The van der Waals surface area contributed by atoms with Gasteiger partial charge >= 0.3 is 0 Å². The number of rotatable bonds is 5. The molecule has 1 saturated heterocycles. The van der Waals surface area contributed by atoms with E-state index in [9.17, 15) is 4.79 Å². The second-order valence-electron chi connectivity index (χ2n) is 4.34. The van der Waals surface area contributed by atoms with E-state index in [0.717, 1.165) is 18.8 Å². The average molecular weight is 271 g/mol. The molecular weight excluding hydrogens is 252 g/mol. The van der Waals surface area contributed by atoms with E-state index in [1.165, 1.54) is 0 Å². The Balaban J connectivity index is 0.00000162. The summed E-state index contributed by atoms with van der Waals surface area (Å²) in [5.41, 5.74) is 0. The molecule has 100 valence electrons. The Kier molecular flexibility index (Phi) is 5.95. The summed E-state index contributed by atoms with van der Waals surface area (Å²) in [7, 11) is 0. The summed E-state index contributed by atoms with van der Waals surface area (Å²) < 4.78 is 5.67. The van der Waals surface area contributed by atoms with Gasteiger partial charge in [0, 0.05) is 13.1 Å². The topological polar surface area (TPSA) is 50.4 Å². The van der Waals surface area contributed by atoms with Crippen LogP contribution in [0.25, 0.3) is 0 Å².